The number of ether oxygens (including phenoxy) is 2. The summed E-state index contributed by atoms with van der Waals surface area (Å²) >= 11 is 6.02. The average molecular weight is 290 g/mol. The van der Waals surface area contributed by atoms with Crippen LogP contribution in [0.25, 0.3) is 0 Å². The number of hydrogen-bond acceptors (Lipinski definition) is 3. The second-order valence-electron chi connectivity index (χ2n) is 4.81. The SMILES string of the molecule is C[C@H](NCc1cccc2c1OCO2)c1cccc(Cl)c1. The van der Waals surface area contributed by atoms with E-state index in [0.717, 1.165) is 28.6 Å². The van der Waals surface area contributed by atoms with Crippen molar-refractivity contribution >= 4 is 11.6 Å². The van der Waals surface area contributed by atoms with E-state index < -0.39 is 0 Å². The minimum Gasteiger partial charge on any atom is -0.454 e. The highest BCUT2D eigenvalue weighted by Crippen LogP contribution is 2.35. The van der Waals surface area contributed by atoms with Crippen LogP contribution in [0.5, 0.6) is 11.5 Å². The van der Waals surface area contributed by atoms with Gasteiger partial charge in [0.05, 0.1) is 0 Å². The van der Waals surface area contributed by atoms with Gasteiger partial charge in [-0.3, -0.25) is 0 Å². The number of benzene rings is 2. The van der Waals surface area contributed by atoms with Crippen molar-refractivity contribution in [1.82, 2.24) is 5.32 Å². The van der Waals surface area contributed by atoms with Gasteiger partial charge in [0.1, 0.15) is 0 Å². The summed E-state index contributed by atoms with van der Waals surface area (Å²) in [7, 11) is 0. The highest BCUT2D eigenvalue weighted by molar-refractivity contribution is 6.30. The van der Waals surface area contributed by atoms with Gasteiger partial charge in [-0.05, 0) is 30.7 Å². The highest BCUT2D eigenvalue weighted by Gasteiger charge is 2.17. The van der Waals surface area contributed by atoms with Gasteiger partial charge in [0, 0.05) is 23.2 Å². The maximum Gasteiger partial charge on any atom is 0.231 e. The molecule has 0 aromatic heterocycles. The first-order valence-corrected chi connectivity index (χ1v) is 6.98. The first kappa shape index (κ1) is 13.3. The topological polar surface area (TPSA) is 30.5 Å². The summed E-state index contributed by atoms with van der Waals surface area (Å²) in [4.78, 5) is 0. The van der Waals surface area contributed by atoms with Crippen LogP contribution in [0.15, 0.2) is 42.5 Å². The average Bonchev–Trinajstić information content (AvgIpc) is 2.93. The smallest absolute Gasteiger partial charge is 0.231 e. The molecule has 3 rings (SSSR count). The maximum atomic E-state index is 6.02. The number of hydrogen-bond donors (Lipinski definition) is 1. The lowest BCUT2D eigenvalue weighted by Gasteiger charge is -2.15. The van der Waals surface area contributed by atoms with Crippen LogP contribution in [-0.4, -0.2) is 6.79 Å². The molecule has 0 amide bonds. The van der Waals surface area contributed by atoms with Crippen LogP contribution >= 0.6 is 11.6 Å². The molecule has 3 nitrogen and oxygen atoms in total. The summed E-state index contributed by atoms with van der Waals surface area (Å²) in [6, 6.07) is 14.1. The second kappa shape index (κ2) is 5.73. The van der Waals surface area contributed by atoms with Crippen molar-refractivity contribution in [2.24, 2.45) is 0 Å². The summed E-state index contributed by atoms with van der Waals surface area (Å²) in [6.45, 7) is 3.14. The van der Waals surface area contributed by atoms with Gasteiger partial charge in [-0.1, -0.05) is 35.9 Å². The Morgan fingerprint density at radius 1 is 1.20 bits per heavy atom. The van der Waals surface area contributed by atoms with Crippen molar-refractivity contribution in [2.75, 3.05) is 6.79 Å². The summed E-state index contributed by atoms with van der Waals surface area (Å²) in [5.74, 6) is 1.66. The van der Waals surface area contributed by atoms with Crippen molar-refractivity contribution < 1.29 is 9.47 Å². The van der Waals surface area contributed by atoms with E-state index in [9.17, 15) is 0 Å². The van der Waals surface area contributed by atoms with E-state index in [1.807, 2.05) is 36.4 Å². The molecule has 20 heavy (non-hydrogen) atoms. The number of fused-ring (bicyclic) bond motifs is 1. The Kier molecular flexibility index (Phi) is 3.81. The van der Waals surface area contributed by atoms with Crippen LogP contribution in [0.1, 0.15) is 24.1 Å². The second-order valence-corrected chi connectivity index (χ2v) is 5.24. The van der Waals surface area contributed by atoms with Gasteiger partial charge in [0.2, 0.25) is 6.79 Å². The quantitative estimate of drug-likeness (QED) is 0.925. The van der Waals surface area contributed by atoms with Gasteiger partial charge >= 0.3 is 0 Å². The molecular weight excluding hydrogens is 274 g/mol. The third-order valence-electron chi connectivity index (χ3n) is 3.43. The fraction of sp³-hybridized carbons (Fsp3) is 0.250. The Bertz CT molecular complexity index is 615. The Morgan fingerprint density at radius 2 is 2.05 bits per heavy atom. The zero-order valence-electron chi connectivity index (χ0n) is 11.2. The summed E-state index contributed by atoms with van der Waals surface area (Å²) in [5, 5.41) is 4.24. The Morgan fingerprint density at radius 3 is 2.90 bits per heavy atom. The van der Waals surface area contributed by atoms with Crippen LogP contribution < -0.4 is 14.8 Å². The Balaban J connectivity index is 1.69. The van der Waals surface area contributed by atoms with Gasteiger partial charge in [0.15, 0.2) is 11.5 Å². The minimum atomic E-state index is 0.215. The lowest BCUT2D eigenvalue weighted by atomic mass is 10.1. The van der Waals surface area contributed by atoms with Gasteiger partial charge in [0.25, 0.3) is 0 Å². The molecule has 1 aliphatic rings. The first-order chi connectivity index (χ1) is 9.74. The molecule has 1 atom stereocenters. The molecule has 1 N–H and O–H groups in total. The third kappa shape index (κ3) is 2.74. The molecule has 104 valence electrons. The van der Waals surface area contributed by atoms with Crippen molar-refractivity contribution in [3.63, 3.8) is 0 Å². The Hall–Kier alpha value is -1.71. The van der Waals surface area contributed by atoms with Gasteiger partial charge in [-0.15, -0.1) is 0 Å². The van der Waals surface area contributed by atoms with Crippen LogP contribution in [0, 0.1) is 0 Å². The molecule has 4 heteroatoms. The number of nitrogens with one attached hydrogen (secondary N) is 1. The molecule has 1 aliphatic heterocycles. The van der Waals surface area contributed by atoms with Crippen molar-refractivity contribution in [1.29, 1.82) is 0 Å². The first-order valence-electron chi connectivity index (χ1n) is 6.60. The molecule has 0 saturated carbocycles. The molecule has 0 saturated heterocycles. The molecule has 2 aromatic rings. The Labute approximate surface area is 123 Å². The van der Waals surface area contributed by atoms with Gasteiger partial charge in [-0.2, -0.15) is 0 Å². The largest absolute Gasteiger partial charge is 0.454 e. The predicted octanol–water partition coefficient (Wildman–Crippen LogP) is 3.92. The zero-order chi connectivity index (χ0) is 13.9. The molecule has 0 unspecified atom stereocenters. The number of rotatable bonds is 4. The summed E-state index contributed by atoms with van der Waals surface area (Å²) in [5.41, 5.74) is 2.27. The summed E-state index contributed by atoms with van der Waals surface area (Å²) < 4.78 is 10.9. The minimum absolute atomic E-state index is 0.215. The lowest BCUT2D eigenvalue weighted by Crippen LogP contribution is -2.18. The monoisotopic (exact) mass is 289 g/mol. The standard InChI is InChI=1S/C16H16ClNO2/c1-11(12-4-2-6-14(17)8-12)18-9-13-5-3-7-15-16(13)20-10-19-15/h2-8,11,18H,9-10H2,1H3/t11-/m0/s1. The molecule has 0 radical (unpaired) electrons. The molecular formula is C16H16ClNO2. The van der Waals surface area contributed by atoms with Crippen LogP contribution in [0.4, 0.5) is 0 Å². The van der Waals surface area contributed by atoms with E-state index in [4.69, 9.17) is 21.1 Å². The van der Waals surface area contributed by atoms with Gasteiger partial charge in [-0.25, -0.2) is 0 Å². The van der Waals surface area contributed by atoms with E-state index in [-0.39, 0.29) is 6.04 Å². The molecule has 0 aliphatic carbocycles. The normalized spacial score (nSPS) is 14.3. The molecule has 0 fully saturated rings. The molecule has 1 heterocycles. The molecule has 2 aromatic carbocycles. The van der Waals surface area contributed by atoms with E-state index >= 15 is 0 Å². The van der Waals surface area contributed by atoms with Crippen LogP contribution in [-0.2, 0) is 6.54 Å². The predicted molar refractivity (Wildman–Crippen MR) is 79.3 cm³/mol. The fourth-order valence-electron chi connectivity index (χ4n) is 2.29. The fourth-order valence-corrected chi connectivity index (χ4v) is 2.49. The van der Waals surface area contributed by atoms with Crippen LogP contribution in [0.2, 0.25) is 5.02 Å². The van der Waals surface area contributed by atoms with E-state index in [0.29, 0.717) is 6.79 Å². The van der Waals surface area contributed by atoms with Gasteiger partial charge < -0.3 is 14.8 Å². The molecule has 0 spiro atoms. The van der Waals surface area contributed by atoms with Crippen LogP contribution in [0.3, 0.4) is 0 Å². The maximum absolute atomic E-state index is 6.02. The molecule has 0 bridgehead atoms. The van der Waals surface area contributed by atoms with E-state index in [2.05, 4.69) is 18.3 Å². The number of halogens is 1. The van der Waals surface area contributed by atoms with E-state index in [1.54, 1.807) is 0 Å². The third-order valence-corrected chi connectivity index (χ3v) is 3.66. The van der Waals surface area contributed by atoms with Crippen molar-refractivity contribution in [3.05, 3.63) is 58.6 Å². The number of para-hydroxylation sites is 1. The lowest BCUT2D eigenvalue weighted by molar-refractivity contribution is 0.173. The van der Waals surface area contributed by atoms with Crippen molar-refractivity contribution in [3.8, 4) is 11.5 Å². The highest BCUT2D eigenvalue weighted by atomic mass is 35.5. The summed E-state index contributed by atoms with van der Waals surface area (Å²) in [6.07, 6.45) is 0. The van der Waals surface area contributed by atoms with E-state index in [1.165, 1.54) is 5.56 Å². The zero-order valence-corrected chi connectivity index (χ0v) is 12.0. The van der Waals surface area contributed by atoms with Crippen molar-refractivity contribution in [2.45, 2.75) is 19.5 Å².